The molecule has 2 saturated heterocycles. The molecule has 1 spiro atoms. The van der Waals surface area contributed by atoms with Crippen LogP contribution in [0.15, 0.2) is 24.5 Å². The molecular weight excluding hydrogens is 290 g/mol. The van der Waals surface area contributed by atoms with Crippen LogP contribution in [-0.2, 0) is 11.3 Å². The number of amides is 1. The number of aromatic nitrogens is 1. The number of likely N-dealkylation sites (tertiary alicyclic amines) is 2. The number of aliphatic hydroxyl groups excluding tert-OH is 1. The topological polar surface area (TPSA) is 48.7 Å². The molecule has 1 N–H and O–H groups in total. The van der Waals surface area contributed by atoms with Crippen LogP contribution >= 0.6 is 0 Å². The molecule has 1 amide bonds. The number of carbonyl (C=O) groups is 1. The zero-order chi connectivity index (χ0) is 16.1. The number of carbonyl (C=O) groups excluding carboxylic acids is 1. The van der Waals surface area contributed by atoms with Gasteiger partial charge in [-0.2, -0.15) is 0 Å². The Kier molecular flexibility index (Phi) is 5.38. The fraction of sp³-hybridized carbons (Fsp3) is 0.722. The minimum Gasteiger partial charge on any atom is -0.395 e. The third-order valence-corrected chi connectivity index (χ3v) is 5.42. The number of piperidine rings is 2. The van der Waals surface area contributed by atoms with E-state index >= 15 is 0 Å². The van der Waals surface area contributed by atoms with Gasteiger partial charge in [-0.05, 0) is 50.9 Å². The van der Waals surface area contributed by atoms with E-state index in [2.05, 4.69) is 34.0 Å². The van der Waals surface area contributed by atoms with Crippen molar-refractivity contribution >= 4 is 5.91 Å². The standard InChI is InChI=1S/C18H29N3O2/c22-14-13-21-16-18(7-5-17(21)23)6-3-10-20(15-18)12-4-11-19-8-1-2-9-19/h1-2,8-9,22H,3-7,10-16H2/t18-/m1/s1. The Morgan fingerprint density at radius 2 is 1.91 bits per heavy atom. The molecule has 2 fully saturated rings. The van der Waals surface area contributed by atoms with E-state index in [9.17, 15) is 9.90 Å². The summed E-state index contributed by atoms with van der Waals surface area (Å²) in [6, 6.07) is 4.15. The number of aryl methyl sites for hydroxylation is 1. The van der Waals surface area contributed by atoms with Crippen LogP contribution in [-0.4, -0.2) is 64.7 Å². The summed E-state index contributed by atoms with van der Waals surface area (Å²) in [5.74, 6) is 0.217. The lowest BCUT2D eigenvalue weighted by atomic mass is 9.73. The van der Waals surface area contributed by atoms with Gasteiger partial charge in [-0.1, -0.05) is 0 Å². The van der Waals surface area contributed by atoms with Crippen molar-refractivity contribution in [2.45, 2.75) is 38.6 Å². The summed E-state index contributed by atoms with van der Waals surface area (Å²) in [4.78, 5) is 16.5. The molecule has 1 aromatic heterocycles. The van der Waals surface area contributed by atoms with Gasteiger partial charge in [0.05, 0.1) is 6.61 Å². The Bertz CT molecular complexity index is 502. The molecule has 0 aliphatic carbocycles. The fourth-order valence-corrected chi connectivity index (χ4v) is 4.26. The molecule has 0 aromatic carbocycles. The van der Waals surface area contributed by atoms with Crippen LogP contribution in [0.25, 0.3) is 0 Å². The maximum Gasteiger partial charge on any atom is 0.222 e. The lowest BCUT2D eigenvalue weighted by Crippen LogP contribution is -2.54. The van der Waals surface area contributed by atoms with Gasteiger partial charge in [0.25, 0.3) is 0 Å². The summed E-state index contributed by atoms with van der Waals surface area (Å²) in [6.45, 7) is 5.89. The molecule has 3 heterocycles. The first kappa shape index (κ1) is 16.5. The first-order chi connectivity index (χ1) is 11.2. The van der Waals surface area contributed by atoms with Gasteiger partial charge in [0.2, 0.25) is 5.91 Å². The quantitative estimate of drug-likeness (QED) is 0.866. The van der Waals surface area contributed by atoms with E-state index in [1.54, 1.807) is 0 Å². The van der Waals surface area contributed by atoms with Gasteiger partial charge < -0.3 is 19.5 Å². The molecule has 5 heteroatoms. The Morgan fingerprint density at radius 1 is 1.09 bits per heavy atom. The van der Waals surface area contributed by atoms with E-state index in [1.165, 1.54) is 25.8 Å². The van der Waals surface area contributed by atoms with Gasteiger partial charge in [-0.3, -0.25) is 4.79 Å². The molecule has 1 atom stereocenters. The van der Waals surface area contributed by atoms with Crippen molar-refractivity contribution in [3.8, 4) is 0 Å². The third-order valence-electron chi connectivity index (χ3n) is 5.42. The SMILES string of the molecule is O=C1CC[C@@]2(CCCN(CCCn3cccc3)C2)CN1CCO. The molecule has 0 bridgehead atoms. The molecule has 0 unspecified atom stereocenters. The molecule has 0 radical (unpaired) electrons. The molecule has 3 rings (SSSR count). The highest BCUT2D eigenvalue weighted by atomic mass is 16.3. The smallest absolute Gasteiger partial charge is 0.222 e. The van der Waals surface area contributed by atoms with Crippen molar-refractivity contribution in [3.63, 3.8) is 0 Å². The van der Waals surface area contributed by atoms with Crippen LogP contribution in [0, 0.1) is 5.41 Å². The fourth-order valence-electron chi connectivity index (χ4n) is 4.26. The number of rotatable bonds is 6. The van der Waals surface area contributed by atoms with Crippen LogP contribution in [0.3, 0.4) is 0 Å². The maximum atomic E-state index is 12.0. The van der Waals surface area contributed by atoms with Crippen LogP contribution < -0.4 is 0 Å². The van der Waals surface area contributed by atoms with Crippen LogP contribution in [0.5, 0.6) is 0 Å². The first-order valence-corrected chi connectivity index (χ1v) is 8.93. The van der Waals surface area contributed by atoms with Crippen molar-refractivity contribution in [1.82, 2.24) is 14.4 Å². The van der Waals surface area contributed by atoms with Gasteiger partial charge in [0.1, 0.15) is 0 Å². The second kappa shape index (κ2) is 7.49. The van der Waals surface area contributed by atoms with Gasteiger partial charge in [0.15, 0.2) is 0 Å². The molecule has 0 saturated carbocycles. The van der Waals surface area contributed by atoms with Crippen LogP contribution in [0.1, 0.15) is 32.1 Å². The second-order valence-electron chi connectivity index (χ2n) is 7.19. The lowest BCUT2D eigenvalue weighted by Gasteiger charge is -2.48. The van der Waals surface area contributed by atoms with E-state index in [4.69, 9.17) is 0 Å². The molecule has 23 heavy (non-hydrogen) atoms. The summed E-state index contributed by atoms with van der Waals surface area (Å²) in [7, 11) is 0. The minimum atomic E-state index is 0.0718. The monoisotopic (exact) mass is 319 g/mol. The van der Waals surface area contributed by atoms with Crippen molar-refractivity contribution in [2.75, 3.05) is 39.3 Å². The van der Waals surface area contributed by atoms with E-state index in [-0.39, 0.29) is 17.9 Å². The molecule has 5 nitrogen and oxygen atoms in total. The van der Waals surface area contributed by atoms with E-state index in [1.807, 2.05) is 4.90 Å². The highest BCUT2D eigenvalue weighted by Gasteiger charge is 2.41. The number of aliphatic hydroxyl groups is 1. The van der Waals surface area contributed by atoms with Gasteiger partial charge in [0, 0.05) is 50.4 Å². The first-order valence-electron chi connectivity index (χ1n) is 8.93. The highest BCUT2D eigenvalue weighted by molar-refractivity contribution is 5.77. The summed E-state index contributed by atoms with van der Waals surface area (Å²) in [5.41, 5.74) is 0.259. The van der Waals surface area contributed by atoms with Crippen LogP contribution in [0.2, 0.25) is 0 Å². The van der Waals surface area contributed by atoms with Gasteiger partial charge >= 0.3 is 0 Å². The number of nitrogens with zero attached hydrogens (tertiary/aromatic N) is 3. The van der Waals surface area contributed by atoms with Gasteiger partial charge in [-0.25, -0.2) is 0 Å². The zero-order valence-electron chi connectivity index (χ0n) is 14.0. The number of β-amino-alcohol motifs (C(OH)–C–C–N with tert-alkyl or cyclic N) is 1. The summed E-state index contributed by atoms with van der Waals surface area (Å²) >= 11 is 0. The molecular formula is C18H29N3O2. The Balaban J connectivity index is 1.51. The van der Waals surface area contributed by atoms with E-state index in [0.29, 0.717) is 13.0 Å². The largest absolute Gasteiger partial charge is 0.395 e. The molecule has 2 aliphatic rings. The van der Waals surface area contributed by atoms with E-state index < -0.39 is 0 Å². The average Bonchev–Trinajstić information content (AvgIpc) is 3.05. The number of hydrogen-bond donors (Lipinski definition) is 1. The van der Waals surface area contributed by atoms with Gasteiger partial charge in [-0.15, -0.1) is 0 Å². The van der Waals surface area contributed by atoms with Crippen molar-refractivity contribution in [2.24, 2.45) is 5.41 Å². The Morgan fingerprint density at radius 3 is 2.70 bits per heavy atom. The van der Waals surface area contributed by atoms with Crippen molar-refractivity contribution in [3.05, 3.63) is 24.5 Å². The Labute approximate surface area is 138 Å². The second-order valence-corrected chi connectivity index (χ2v) is 7.19. The van der Waals surface area contributed by atoms with Crippen LogP contribution in [0.4, 0.5) is 0 Å². The molecule has 1 aromatic rings. The zero-order valence-corrected chi connectivity index (χ0v) is 14.0. The van der Waals surface area contributed by atoms with E-state index in [0.717, 1.165) is 32.6 Å². The Hall–Kier alpha value is -1.33. The maximum absolute atomic E-state index is 12.0. The predicted octanol–water partition coefficient (Wildman–Crippen LogP) is 1.58. The summed E-state index contributed by atoms with van der Waals surface area (Å²) in [5, 5.41) is 9.18. The normalized spacial score (nSPS) is 26.1. The lowest BCUT2D eigenvalue weighted by molar-refractivity contribution is -0.140. The third kappa shape index (κ3) is 4.15. The average molecular weight is 319 g/mol. The van der Waals surface area contributed by atoms with Crippen molar-refractivity contribution in [1.29, 1.82) is 0 Å². The molecule has 2 aliphatic heterocycles. The summed E-state index contributed by atoms with van der Waals surface area (Å²) < 4.78 is 2.24. The van der Waals surface area contributed by atoms with Crippen molar-refractivity contribution < 1.29 is 9.90 Å². The molecule has 128 valence electrons. The number of hydrogen-bond acceptors (Lipinski definition) is 3. The highest BCUT2D eigenvalue weighted by Crippen LogP contribution is 2.38. The predicted molar refractivity (Wildman–Crippen MR) is 90.1 cm³/mol. The minimum absolute atomic E-state index is 0.0718. The summed E-state index contributed by atoms with van der Waals surface area (Å²) in [6.07, 6.45) is 9.53.